The summed E-state index contributed by atoms with van der Waals surface area (Å²) in [5, 5.41) is 2.58. The number of benzene rings is 1. The molecule has 10 heteroatoms. The zero-order valence-electron chi connectivity index (χ0n) is 33.8. The number of hydrogen-bond donors (Lipinski definition) is 0. The Morgan fingerprint density at radius 2 is 0.692 bits per heavy atom. The minimum Gasteiger partial charge on any atom is -0.374 e. The Hall–Kier alpha value is -1.77. The first-order chi connectivity index (χ1) is 25.5. The molecule has 0 fully saturated rings. The van der Waals surface area contributed by atoms with Crippen LogP contribution in [0.3, 0.4) is 0 Å². The predicted octanol–water partition coefficient (Wildman–Crippen LogP) is 11.4. The van der Waals surface area contributed by atoms with Gasteiger partial charge in [-0.1, -0.05) is 76.3 Å². The van der Waals surface area contributed by atoms with E-state index in [0.717, 1.165) is 48.8 Å². The Kier molecular flexibility index (Phi) is 22.4. The van der Waals surface area contributed by atoms with Crippen molar-refractivity contribution in [2.75, 3.05) is 39.6 Å². The average molecular weight is 757 g/mol. The van der Waals surface area contributed by atoms with Gasteiger partial charge in [0, 0.05) is 74.9 Å². The molecule has 0 radical (unpaired) electrons. The fourth-order valence-electron chi connectivity index (χ4n) is 7.63. The predicted molar refractivity (Wildman–Crippen MR) is 220 cm³/mol. The smallest absolute Gasteiger partial charge is 0.374 e. The van der Waals surface area contributed by atoms with Crippen molar-refractivity contribution in [3.05, 3.63) is 47.8 Å². The SMILES string of the molecule is CCO[Si](CCCCCCCCCc1c(CCCCCCCCC[Si](OCC)(OCC)OCC)c2cccnc2c2ncccc12)(OCC)OCC. The summed E-state index contributed by atoms with van der Waals surface area (Å²) in [6.07, 6.45) is 23.2. The van der Waals surface area contributed by atoms with Crippen molar-refractivity contribution in [2.24, 2.45) is 0 Å². The summed E-state index contributed by atoms with van der Waals surface area (Å²) >= 11 is 0. The van der Waals surface area contributed by atoms with E-state index in [4.69, 9.17) is 36.5 Å². The number of fused-ring (bicyclic) bond motifs is 3. The minimum atomic E-state index is -2.52. The number of hydrogen-bond acceptors (Lipinski definition) is 8. The second-order valence-electron chi connectivity index (χ2n) is 13.7. The summed E-state index contributed by atoms with van der Waals surface area (Å²) in [5.74, 6) is 0. The third-order valence-electron chi connectivity index (χ3n) is 9.86. The van der Waals surface area contributed by atoms with Crippen LogP contribution in [0.5, 0.6) is 0 Å². The number of pyridine rings is 2. The van der Waals surface area contributed by atoms with Crippen LogP contribution in [0.15, 0.2) is 36.7 Å². The molecule has 2 heterocycles. The van der Waals surface area contributed by atoms with Crippen LogP contribution in [0, 0.1) is 0 Å². The Bertz CT molecular complexity index is 1240. The second kappa shape index (κ2) is 26.1. The third-order valence-corrected chi connectivity index (χ3v) is 16.2. The molecule has 0 aliphatic carbocycles. The molecule has 0 N–H and O–H groups in total. The molecular weight excluding hydrogens is 685 g/mol. The summed E-state index contributed by atoms with van der Waals surface area (Å²) in [6.45, 7) is 16.1. The Morgan fingerprint density at radius 1 is 0.404 bits per heavy atom. The van der Waals surface area contributed by atoms with Crippen LogP contribution in [-0.4, -0.2) is 67.2 Å². The van der Waals surface area contributed by atoms with Crippen molar-refractivity contribution in [1.29, 1.82) is 0 Å². The van der Waals surface area contributed by atoms with E-state index in [-0.39, 0.29) is 0 Å². The zero-order valence-corrected chi connectivity index (χ0v) is 35.8. The van der Waals surface area contributed by atoms with Gasteiger partial charge in [0.05, 0.1) is 11.0 Å². The first-order valence-corrected chi connectivity index (χ1v) is 24.9. The second-order valence-corrected chi connectivity index (χ2v) is 19.1. The molecule has 0 saturated carbocycles. The Labute approximate surface area is 318 Å². The van der Waals surface area contributed by atoms with Gasteiger partial charge in [-0.15, -0.1) is 0 Å². The molecule has 1 aromatic carbocycles. The molecule has 0 atom stereocenters. The van der Waals surface area contributed by atoms with Crippen LogP contribution in [0.2, 0.25) is 12.1 Å². The van der Waals surface area contributed by atoms with E-state index in [2.05, 4.69) is 24.3 Å². The van der Waals surface area contributed by atoms with Gasteiger partial charge in [-0.3, -0.25) is 9.97 Å². The molecule has 0 unspecified atom stereocenters. The van der Waals surface area contributed by atoms with E-state index < -0.39 is 17.6 Å². The fraction of sp³-hybridized carbons (Fsp3) is 0.714. The number of aryl methyl sites for hydroxylation is 2. The summed E-state index contributed by atoms with van der Waals surface area (Å²) < 4.78 is 36.2. The van der Waals surface area contributed by atoms with Crippen LogP contribution in [0.4, 0.5) is 0 Å². The van der Waals surface area contributed by atoms with Crippen LogP contribution in [0.1, 0.15) is 143 Å². The van der Waals surface area contributed by atoms with Gasteiger partial charge >= 0.3 is 17.6 Å². The van der Waals surface area contributed by atoms with Crippen molar-refractivity contribution in [3.8, 4) is 0 Å². The Morgan fingerprint density at radius 3 is 1.00 bits per heavy atom. The number of unbranched alkanes of at least 4 members (excludes halogenated alkanes) is 12. The lowest BCUT2D eigenvalue weighted by atomic mass is 9.89. The highest BCUT2D eigenvalue weighted by molar-refractivity contribution is 6.61. The Balaban J connectivity index is 1.49. The van der Waals surface area contributed by atoms with Crippen molar-refractivity contribution in [1.82, 2.24) is 9.97 Å². The standard InChI is InChI=1S/C42H72N2O6Si2/c1-7-45-51(46-8-2,47-9-3)35-25-21-17-13-15-19-23-29-37-38(40-32-28-34-44-42(40)41-39(37)31-27-33-43-41)30-24-20-16-14-18-22-26-36-52(48-10-4,49-11-5)50-12-6/h27-28,31-34H,7-26,29-30,35-36H2,1-6H3. The van der Waals surface area contributed by atoms with E-state index in [1.807, 2.05) is 53.9 Å². The monoisotopic (exact) mass is 756 g/mol. The van der Waals surface area contributed by atoms with Crippen molar-refractivity contribution in [2.45, 2.75) is 156 Å². The highest BCUT2D eigenvalue weighted by atomic mass is 28.4. The molecule has 0 aliphatic heterocycles. The molecule has 3 aromatic rings. The van der Waals surface area contributed by atoms with Gasteiger partial charge in [-0.05, 0) is 103 Å². The van der Waals surface area contributed by atoms with E-state index in [1.54, 1.807) is 0 Å². The third kappa shape index (κ3) is 14.5. The maximum absolute atomic E-state index is 6.04. The highest BCUT2D eigenvalue weighted by Gasteiger charge is 2.40. The molecule has 0 saturated heterocycles. The van der Waals surface area contributed by atoms with Gasteiger partial charge in [-0.25, -0.2) is 0 Å². The first kappa shape index (κ1) is 44.6. The lowest BCUT2D eigenvalue weighted by Gasteiger charge is -2.28. The van der Waals surface area contributed by atoms with Gasteiger partial charge in [0.25, 0.3) is 0 Å². The van der Waals surface area contributed by atoms with E-state index in [9.17, 15) is 0 Å². The van der Waals surface area contributed by atoms with Gasteiger partial charge in [0.15, 0.2) is 0 Å². The summed E-state index contributed by atoms with van der Waals surface area (Å²) in [6, 6.07) is 10.6. The molecule has 294 valence electrons. The molecule has 3 rings (SSSR count). The molecule has 8 nitrogen and oxygen atoms in total. The van der Waals surface area contributed by atoms with E-state index >= 15 is 0 Å². The van der Waals surface area contributed by atoms with Crippen LogP contribution in [-0.2, 0) is 39.4 Å². The van der Waals surface area contributed by atoms with Gasteiger partial charge in [0.2, 0.25) is 0 Å². The molecule has 0 amide bonds. The fourth-order valence-corrected chi connectivity index (χ4v) is 13.0. The summed E-state index contributed by atoms with van der Waals surface area (Å²) in [5.41, 5.74) is 5.09. The lowest BCUT2D eigenvalue weighted by Crippen LogP contribution is -2.45. The van der Waals surface area contributed by atoms with Crippen molar-refractivity contribution >= 4 is 39.4 Å². The van der Waals surface area contributed by atoms with Gasteiger partial charge in [0.1, 0.15) is 0 Å². The van der Waals surface area contributed by atoms with Crippen LogP contribution >= 0.6 is 0 Å². The number of aromatic nitrogens is 2. The average Bonchev–Trinajstić information content (AvgIpc) is 3.14. The van der Waals surface area contributed by atoms with Crippen molar-refractivity contribution in [3.63, 3.8) is 0 Å². The summed E-state index contributed by atoms with van der Waals surface area (Å²) in [7, 11) is -5.03. The van der Waals surface area contributed by atoms with Crippen molar-refractivity contribution < 1.29 is 26.6 Å². The quantitative estimate of drug-likeness (QED) is 0.0354. The lowest BCUT2D eigenvalue weighted by molar-refractivity contribution is 0.0698. The molecular formula is C42H72N2O6Si2. The molecule has 0 bridgehead atoms. The van der Waals surface area contributed by atoms with Crippen LogP contribution < -0.4 is 0 Å². The zero-order chi connectivity index (χ0) is 37.3. The van der Waals surface area contributed by atoms with Crippen LogP contribution in [0.25, 0.3) is 21.8 Å². The van der Waals surface area contributed by atoms with Gasteiger partial charge in [-0.2, -0.15) is 0 Å². The molecule has 2 aromatic heterocycles. The number of nitrogens with zero attached hydrogens (tertiary/aromatic N) is 2. The molecule has 52 heavy (non-hydrogen) atoms. The maximum Gasteiger partial charge on any atom is 0.500 e. The van der Waals surface area contributed by atoms with E-state index in [1.165, 1.54) is 98.9 Å². The largest absolute Gasteiger partial charge is 0.500 e. The highest BCUT2D eigenvalue weighted by Crippen LogP contribution is 2.33. The number of rotatable bonds is 32. The minimum absolute atomic E-state index is 0.649. The maximum atomic E-state index is 6.04. The molecule has 0 aliphatic rings. The first-order valence-electron chi connectivity index (χ1n) is 21.0. The van der Waals surface area contributed by atoms with Gasteiger partial charge < -0.3 is 26.6 Å². The molecule has 0 spiro atoms. The van der Waals surface area contributed by atoms with E-state index in [0.29, 0.717) is 39.6 Å². The normalized spacial score (nSPS) is 12.4. The summed E-state index contributed by atoms with van der Waals surface area (Å²) in [4.78, 5) is 9.67. The topological polar surface area (TPSA) is 81.2 Å².